The van der Waals surface area contributed by atoms with Crippen molar-refractivity contribution >= 4 is 29.0 Å². The molecule has 0 bridgehead atoms. The number of hydrogen-bond acceptors (Lipinski definition) is 8. The summed E-state index contributed by atoms with van der Waals surface area (Å²) < 4.78 is 6.26. The van der Waals surface area contributed by atoms with Gasteiger partial charge in [-0.05, 0) is 63.9 Å². The third-order valence-corrected chi connectivity index (χ3v) is 8.74. The number of nitrogens with zero attached hydrogens (tertiary/aromatic N) is 7. The minimum atomic E-state index is -0.253. The molecule has 4 heterocycles. The summed E-state index contributed by atoms with van der Waals surface area (Å²) in [7, 11) is 2.14. The molecule has 0 aliphatic carbocycles. The number of benzene rings is 1. The van der Waals surface area contributed by atoms with Gasteiger partial charge in [-0.1, -0.05) is 23.7 Å². The number of fused-ring (bicyclic) bond motifs is 1. The number of anilines is 2. The van der Waals surface area contributed by atoms with Crippen LogP contribution in [0.1, 0.15) is 41.6 Å². The van der Waals surface area contributed by atoms with Gasteiger partial charge in [0.1, 0.15) is 12.4 Å². The number of aryl methyl sites for hydroxylation is 1. The molecule has 0 spiro atoms. The van der Waals surface area contributed by atoms with E-state index in [1.807, 2.05) is 0 Å². The maximum Gasteiger partial charge on any atom is 0.318 e. The van der Waals surface area contributed by atoms with Crippen molar-refractivity contribution < 1.29 is 9.53 Å². The maximum absolute atomic E-state index is 12.6. The lowest BCUT2D eigenvalue weighted by Gasteiger charge is -2.42. The van der Waals surface area contributed by atoms with Crippen LogP contribution in [0.3, 0.4) is 0 Å². The SMILES string of the molecule is Cc1cccc(N2CCc3c(nc(OCC4CCCN4C)nc3N3CCN(C(=O)/C=C\Cl)C(CC#N)C3)C2)c1C. The van der Waals surface area contributed by atoms with Gasteiger partial charge in [-0.2, -0.15) is 15.2 Å². The quantitative estimate of drug-likeness (QED) is 0.470. The normalized spacial score (nSPS) is 21.5. The highest BCUT2D eigenvalue weighted by Gasteiger charge is 2.33. The summed E-state index contributed by atoms with van der Waals surface area (Å²) in [5, 5.41) is 9.51. The number of halogens is 1. The standard InChI is InChI=1S/C30H38ClN7O2/c1-21-6-4-8-27(22(21)2)36-15-11-25-26(19-36)33-30(40-20-24-7-5-14-35(24)3)34-29(25)37-16-17-38(28(39)9-12-31)23(18-37)10-13-32/h4,6,8-9,12,23-24H,5,7,10-11,14-20H2,1-3H3/b12-9-. The highest BCUT2D eigenvalue weighted by molar-refractivity contribution is 6.26. The van der Waals surface area contributed by atoms with E-state index < -0.39 is 0 Å². The molecule has 9 nitrogen and oxygen atoms in total. The summed E-state index contributed by atoms with van der Waals surface area (Å²) in [6.45, 7) is 9.11. The van der Waals surface area contributed by atoms with Crippen molar-refractivity contribution in [3.05, 3.63) is 52.2 Å². The topological polar surface area (TPSA) is 88.8 Å². The van der Waals surface area contributed by atoms with Crippen LogP contribution in [-0.4, -0.2) is 84.1 Å². The van der Waals surface area contributed by atoms with Gasteiger partial charge in [0, 0.05) is 55.1 Å². The molecule has 40 heavy (non-hydrogen) atoms. The Morgan fingerprint density at radius 2 is 2.02 bits per heavy atom. The van der Waals surface area contributed by atoms with Gasteiger partial charge in [-0.15, -0.1) is 0 Å². The van der Waals surface area contributed by atoms with Crippen molar-refractivity contribution in [1.82, 2.24) is 19.8 Å². The van der Waals surface area contributed by atoms with E-state index in [2.05, 4.69) is 59.9 Å². The van der Waals surface area contributed by atoms with Crippen molar-refractivity contribution in [2.24, 2.45) is 0 Å². The van der Waals surface area contributed by atoms with Crippen molar-refractivity contribution in [3.8, 4) is 12.1 Å². The summed E-state index contributed by atoms with van der Waals surface area (Å²) in [5.41, 5.74) is 7.12. The van der Waals surface area contributed by atoms with E-state index in [-0.39, 0.29) is 18.4 Å². The second kappa shape index (κ2) is 12.4. The van der Waals surface area contributed by atoms with Crippen molar-refractivity contribution in [2.45, 2.75) is 58.2 Å². The smallest absolute Gasteiger partial charge is 0.318 e. The first-order valence-electron chi connectivity index (χ1n) is 14.1. The van der Waals surface area contributed by atoms with Gasteiger partial charge in [0.15, 0.2) is 0 Å². The van der Waals surface area contributed by atoms with E-state index in [4.69, 9.17) is 26.3 Å². The average Bonchev–Trinajstić information content (AvgIpc) is 3.37. The van der Waals surface area contributed by atoms with E-state index in [1.165, 1.54) is 34.8 Å². The zero-order valence-electron chi connectivity index (χ0n) is 23.6. The molecular weight excluding hydrogens is 526 g/mol. The van der Waals surface area contributed by atoms with Crippen LogP contribution in [0.15, 0.2) is 29.8 Å². The van der Waals surface area contributed by atoms with E-state index in [0.717, 1.165) is 43.0 Å². The summed E-state index contributed by atoms with van der Waals surface area (Å²) in [6, 6.07) is 9.20. The molecule has 0 radical (unpaired) electrons. The summed E-state index contributed by atoms with van der Waals surface area (Å²) >= 11 is 5.68. The minimum Gasteiger partial charge on any atom is -0.462 e. The van der Waals surface area contributed by atoms with Gasteiger partial charge in [-0.25, -0.2) is 0 Å². The number of amides is 1. The maximum atomic E-state index is 12.6. The predicted octanol–water partition coefficient (Wildman–Crippen LogP) is 3.81. The number of piperazine rings is 1. The molecule has 3 aliphatic rings. The fraction of sp³-hybridized carbons (Fsp3) is 0.533. The lowest BCUT2D eigenvalue weighted by molar-refractivity contribution is -0.128. The highest BCUT2D eigenvalue weighted by atomic mass is 35.5. The Morgan fingerprint density at radius 1 is 1.18 bits per heavy atom. The lowest BCUT2D eigenvalue weighted by Crippen LogP contribution is -2.55. The first kappa shape index (κ1) is 28.2. The minimum absolute atomic E-state index is 0.173. The lowest BCUT2D eigenvalue weighted by atomic mass is 10.0. The van der Waals surface area contributed by atoms with E-state index in [1.54, 1.807) is 4.90 Å². The molecule has 5 rings (SSSR count). The van der Waals surface area contributed by atoms with Crippen LogP contribution in [0, 0.1) is 25.2 Å². The monoisotopic (exact) mass is 563 g/mol. The highest BCUT2D eigenvalue weighted by Crippen LogP contribution is 2.34. The third kappa shape index (κ3) is 5.89. The van der Waals surface area contributed by atoms with Crippen LogP contribution in [-0.2, 0) is 17.8 Å². The van der Waals surface area contributed by atoms with Crippen LogP contribution < -0.4 is 14.5 Å². The van der Waals surface area contributed by atoms with Gasteiger partial charge < -0.3 is 24.3 Å². The van der Waals surface area contributed by atoms with Crippen LogP contribution in [0.4, 0.5) is 11.5 Å². The van der Waals surface area contributed by atoms with Gasteiger partial charge >= 0.3 is 6.01 Å². The molecule has 2 fully saturated rings. The Hall–Kier alpha value is -3.35. The molecule has 1 aromatic heterocycles. The predicted molar refractivity (Wildman–Crippen MR) is 157 cm³/mol. The molecule has 3 aliphatic heterocycles. The second-order valence-electron chi connectivity index (χ2n) is 11.0. The summed E-state index contributed by atoms with van der Waals surface area (Å²) in [5.74, 6) is 0.691. The Morgan fingerprint density at radius 3 is 2.77 bits per heavy atom. The number of aromatic nitrogens is 2. The van der Waals surface area contributed by atoms with E-state index in [0.29, 0.717) is 44.8 Å². The Balaban J connectivity index is 1.45. The van der Waals surface area contributed by atoms with Crippen molar-refractivity contribution in [1.29, 1.82) is 5.26 Å². The third-order valence-electron chi connectivity index (χ3n) is 8.61. The molecule has 1 aromatic carbocycles. The van der Waals surface area contributed by atoms with E-state index in [9.17, 15) is 10.1 Å². The van der Waals surface area contributed by atoms with Gasteiger partial charge in [0.2, 0.25) is 5.91 Å². The molecule has 0 N–H and O–H groups in total. The molecule has 10 heteroatoms. The number of likely N-dealkylation sites (tertiary alicyclic amines) is 1. The molecule has 2 saturated heterocycles. The van der Waals surface area contributed by atoms with E-state index >= 15 is 0 Å². The van der Waals surface area contributed by atoms with Crippen LogP contribution >= 0.6 is 11.6 Å². The molecule has 2 aromatic rings. The van der Waals surface area contributed by atoms with Gasteiger partial charge in [-0.3, -0.25) is 4.79 Å². The summed E-state index contributed by atoms with van der Waals surface area (Å²) in [4.78, 5) is 31.2. The van der Waals surface area contributed by atoms with Gasteiger partial charge in [0.05, 0.1) is 30.8 Å². The fourth-order valence-corrected chi connectivity index (χ4v) is 6.23. The average molecular weight is 564 g/mol. The largest absolute Gasteiger partial charge is 0.462 e. The molecular formula is C30H38ClN7O2. The van der Waals surface area contributed by atoms with Crippen molar-refractivity contribution in [3.63, 3.8) is 0 Å². The second-order valence-corrected chi connectivity index (χ2v) is 11.3. The molecule has 0 saturated carbocycles. The number of carbonyl (C=O) groups is 1. The first-order valence-corrected chi connectivity index (χ1v) is 14.6. The number of rotatable bonds is 7. The zero-order chi connectivity index (χ0) is 28.2. The number of nitriles is 1. The molecule has 2 unspecified atom stereocenters. The number of ether oxygens (including phenoxy) is 1. The van der Waals surface area contributed by atoms with Crippen LogP contribution in [0.5, 0.6) is 6.01 Å². The first-order chi connectivity index (χ1) is 19.4. The van der Waals surface area contributed by atoms with Crippen molar-refractivity contribution in [2.75, 3.05) is 56.2 Å². The number of likely N-dealkylation sites (N-methyl/N-ethyl adjacent to an activating group) is 1. The van der Waals surface area contributed by atoms with Gasteiger partial charge in [0.25, 0.3) is 0 Å². The number of carbonyl (C=O) groups excluding carboxylic acids is 1. The zero-order valence-corrected chi connectivity index (χ0v) is 24.4. The van der Waals surface area contributed by atoms with Crippen LogP contribution in [0.25, 0.3) is 0 Å². The Kier molecular flexibility index (Phi) is 8.77. The Labute approximate surface area is 242 Å². The molecule has 1 amide bonds. The number of hydrogen-bond donors (Lipinski definition) is 0. The molecule has 212 valence electrons. The fourth-order valence-electron chi connectivity index (χ4n) is 6.13. The summed E-state index contributed by atoms with van der Waals surface area (Å²) in [6.07, 6.45) is 4.68. The Bertz CT molecular complexity index is 1310. The van der Waals surface area contributed by atoms with Crippen LogP contribution in [0.2, 0.25) is 0 Å². The molecule has 2 atom stereocenters.